The molecule has 118 valence electrons. The number of aliphatic hydroxyl groups excluding tert-OH is 1. The molecule has 0 saturated heterocycles. The molecule has 1 aliphatic carbocycles. The van der Waals surface area contributed by atoms with Crippen LogP contribution in [0.3, 0.4) is 0 Å². The molecular formula is C14H20ClNO4S. The van der Waals surface area contributed by atoms with Crippen molar-refractivity contribution in [2.24, 2.45) is 11.8 Å². The van der Waals surface area contributed by atoms with Crippen molar-refractivity contribution < 1.29 is 18.3 Å². The Bertz CT molecular complexity index is 632. The van der Waals surface area contributed by atoms with E-state index in [1.165, 1.54) is 23.5 Å². The van der Waals surface area contributed by atoms with E-state index in [2.05, 4.69) is 6.92 Å². The van der Waals surface area contributed by atoms with E-state index >= 15 is 0 Å². The van der Waals surface area contributed by atoms with Gasteiger partial charge in [-0.3, -0.25) is 0 Å². The fourth-order valence-corrected chi connectivity index (χ4v) is 4.17. The lowest BCUT2D eigenvalue weighted by Gasteiger charge is -2.20. The number of nitrogens with zero attached hydrogens (tertiary/aromatic N) is 1. The smallest absolute Gasteiger partial charge is 0.246 e. The predicted molar refractivity (Wildman–Crippen MR) is 81.0 cm³/mol. The molecule has 21 heavy (non-hydrogen) atoms. The van der Waals surface area contributed by atoms with Crippen LogP contribution in [0, 0.1) is 11.8 Å². The summed E-state index contributed by atoms with van der Waals surface area (Å²) in [5.41, 5.74) is 0.358. The third-order valence-corrected chi connectivity index (χ3v) is 5.97. The minimum absolute atomic E-state index is 0.00245. The number of hydrogen-bond donors (Lipinski definition) is 1. The van der Waals surface area contributed by atoms with Gasteiger partial charge in [-0.05, 0) is 30.4 Å². The van der Waals surface area contributed by atoms with Crippen molar-refractivity contribution in [1.29, 1.82) is 0 Å². The van der Waals surface area contributed by atoms with E-state index in [0.717, 1.165) is 6.42 Å². The normalized spacial score (nSPS) is 21.6. The second-order valence-corrected chi connectivity index (χ2v) is 7.96. The van der Waals surface area contributed by atoms with Gasteiger partial charge in [0, 0.05) is 24.2 Å². The molecule has 1 aromatic rings. The lowest BCUT2D eigenvalue weighted by molar-refractivity contribution is 0.272. The van der Waals surface area contributed by atoms with Gasteiger partial charge >= 0.3 is 0 Å². The third kappa shape index (κ3) is 3.34. The first kappa shape index (κ1) is 16.5. The highest BCUT2D eigenvalue weighted by Crippen LogP contribution is 2.40. The molecule has 0 spiro atoms. The number of ether oxygens (including phenoxy) is 1. The van der Waals surface area contributed by atoms with Crippen molar-refractivity contribution in [3.8, 4) is 5.75 Å². The van der Waals surface area contributed by atoms with Crippen LogP contribution in [-0.4, -0.2) is 38.5 Å². The van der Waals surface area contributed by atoms with Crippen LogP contribution in [0.15, 0.2) is 17.0 Å². The highest BCUT2D eigenvalue weighted by Gasteiger charge is 2.37. The molecule has 5 nitrogen and oxygen atoms in total. The van der Waals surface area contributed by atoms with Crippen LogP contribution >= 0.6 is 11.6 Å². The summed E-state index contributed by atoms with van der Waals surface area (Å²) in [4.78, 5) is -0.00245. The van der Waals surface area contributed by atoms with Gasteiger partial charge in [-0.15, -0.1) is 0 Å². The van der Waals surface area contributed by atoms with Crippen LogP contribution in [0.5, 0.6) is 5.75 Å². The standard InChI is InChI=1S/C14H20ClNO4S/c1-9-4-10(9)7-16(2)21(18,19)13-6-12(15)5-11(8-17)14(13)20-3/h5-6,9-10,17H,4,7-8H2,1-3H3. The van der Waals surface area contributed by atoms with Crippen molar-refractivity contribution in [2.75, 3.05) is 20.7 Å². The first-order chi connectivity index (χ1) is 9.81. The Labute approximate surface area is 130 Å². The molecule has 0 heterocycles. The summed E-state index contributed by atoms with van der Waals surface area (Å²) >= 11 is 5.96. The number of rotatable bonds is 6. The number of halogens is 1. The lowest BCUT2D eigenvalue weighted by atomic mass is 10.2. The Kier molecular flexibility index (Phi) is 4.82. The van der Waals surface area contributed by atoms with Gasteiger partial charge in [-0.1, -0.05) is 18.5 Å². The summed E-state index contributed by atoms with van der Waals surface area (Å²) in [5, 5.41) is 9.60. The van der Waals surface area contributed by atoms with Gasteiger partial charge < -0.3 is 9.84 Å². The molecule has 2 unspecified atom stereocenters. The summed E-state index contributed by atoms with van der Waals surface area (Å²) in [7, 11) is -0.768. The maximum absolute atomic E-state index is 12.7. The molecular weight excluding hydrogens is 314 g/mol. The Morgan fingerprint density at radius 1 is 1.48 bits per heavy atom. The van der Waals surface area contributed by atoms with Crippen molar-refractivity contribution in [1.82, 2.24) is 4.31 Å². The fraction of sp³-hybridized carbons (Fsp3) is 0.571. The van der Waals surface area contributed by atoms with Crippen molar-refractivity contribution in [3.05, 3.63) is 22.7 Å². The van der Waals surface area contributed by atoms with Gasteiger partial charge in [0.1, 0.15) is 10.6 Å². The second kappa shape index (κ2) is 6.12. The molecule has 1 aromatic carbocycles. The van der Waals surface area contributed by atoms with E-state index in [1.807, 2.05) is 0 Å². The van der Waals surface area contributed by atoms with Gasteiger partial charge in [-0.2, -0.15) is 0 Å². The minimum Gasteiger partial charge on any atom is -0.495 e. The molecule has 1 N–H and O–H groups in total. The Morgan fingerprint density at radius 2 is 2.10 bits per heavy atom. The van der Waals surface area contributed by atoms with E-state index in [4.69, 9.17) is 16.3 Å². The molecule has 2 atom stereocenters. The highest BCUT2D eigenvalue weighted by molar-refractivity contribution is 7.89. The van der Waals surface area contributed by atoms with Gasteiger partial charge in [0.2, 0.25) is 10.0 Å². The number of benzene rings is 1. The van der Waals surface area contributed by atoms with Crippen LogP contribution < -0.4 is 4.74 Å². The molecule has 0 aromatic heterocycles. The van der Waals surface area contributed by atoms with E-state index in [0.29, 0.717) is 23.9 Å². The van der Waals surface area contributed by atoms with Crippen LogP contribution in [-0.2, 0) is 16.6 Å². The average molecular weight is 334 g/mol. The Hall–Kier alpha value is -0.820. The zero-order valence-corrected chi connectivity index (χ0v) is 13.9. The summed E-state index contributed by atoms with van der Waals surface area (Å²) in [6.45, 7) is 2.25. The largest absolute Gasteiger partial charge is 0.495 e. The average Bonchev–Trinajstić information content (AvgIpc) is 3.12. The molecule has 0 amide bonds. The molecule has 1 aliphatic rings. The maximum atomic E-state index is 12.7. The summed E-state index contributed by atoms with van der Waals surface area (Å²) in [5.74, 6) is 1.13. The predicted octanol–water partition coefficient (Wildman–Crippen LogP) is 2.12. The van der Waals surface area contributed by atoms with E-state index in [9.17, 15) is 13.5 Å². The van der Waals surface area contributed by atoms with Crippen molar-refractivity contribution in [3.63, 3.8) is 0 Å². The molecule has 7 heteroatoms. The zero-order valence-electron chi connectivity index (χ0n) is 12.3. The first-order valence-electron chi connectivity index (χ1n) is 6.74. The number of aliphatic hydroxyl groups is 1. The molecule has 1 fully saturated rings. The van der Waals surface area contributed by atoms with Crippen LogP contribution in [0.4, 0.5) is 0 Å². The van der Waals surface area contributed by atoms with Gasteiger partial charge in [0.15, 0.2) is 0 Å². The lowest BCUT2D eigenvalue weighted by Crippen LogP contribution is -2.29. The molecule has 0 aliphatic heterocycles. The van der Waals surface area contributed by atoms with Crippen LogP contribution in [0.2, 0.25) is 5.02 Å². The quantitative estimate of drug-likeness (QED) is 0.866. The zero-order chi connectivity index (χ0) is 15.8. The van der Waals surface area contributed by atoms with Crippen LogP contribution in [0.1, 0.15) is 18.9 Å². The molecule has 0 bridgehead atoms. The molecule has 0 radical (unpaired) electrons. The van der Waals surface area contributed by atoms with Gasteiger partial charge in [0.25, 0.3) is 0 Å². The molecule has 2 rings (SSSR count). The molecule has 1 saturated carbocycles. The minimum atomic E-state index is -3.70. The summed E-state index contributed by atoms with van der Waals surface area (Å²) in [6.07, 6.45) is 1.05. The van der Waals surface area contributed by atoms with E-state index < -0.39 is 10.0 Å². The number of methoxy groups -OCH3 is 1. The fourth-order valence-electron chi connectivity index (χ4n) is 2.41. The van der Waals surface area contributed by atoms with Gasteiger partial charge in [0.05, 0.1) is 13.7 Å². The number of sulfonamides is 1. The topological polar surface area (TPSA) is 66.8 Å². The summed E-state index contributed by atoms with van der Waals surface area (Å²) < 4.78 is 31.9. The number of hydrogen-bond acceptors (Lipinski definition) is 4. The van der Waals surface area contributed by atoms with Gasteiger partial charge in [-0.25, -0.2) is 12.7 Å². The Morgan fingerprint density at radius 3 is 2.57 bits per heavy atom. The third-order valence-electron chi connectivity index (χ3n) is 3.93. The van der Waals surface area contributed by atoms with E-state index in [-0.39, 0.29) is 22.3 Å². The van der Waals surface area contributed by atoms with Crippen molar-refractivity contribution in [2.45, 2.75) is 24.8 Å². The van der Waals surface area contributed by atoms with E-state index in [1.54, 1.807) is 7.05 Å². The SMILES string of the molecule is COc1c(CO)cc(Cl)cc1S(=O)(=O)N(C)CC1CC1C. The first-order valence-corrected chi connectivity index (χ1v) is 8.56. The van der Waals surface area contributed by atoms with Crippen LogP contribution in [0.25, 0.3) is 0 Å². The Balaban J connectivity index is 2.40. The second-order valence-electron chi connectivity index (χ2n) is 5.51. The monoisotopic (exact) mass is 333 g/mol. The highest BCUT2D eigenvalue weighted by atomic mass is 35.5. The summed E-state index contributed by atoms with van der Waals surface area (Å²) in [6, 6.07) is 2.87. The maximum Gasteiger partial charge on any atom is 0.246 e. The van der Waals surface area contributed by atoms with Crippen molar-refractivity contribution >= 4 is 21.6 Å².